The van der Waals surface area contributed by atoms with E-state index in [0.29, 0.717) is 6.54 Å². The molecule has 0 saturated heterocycles. The van der Waals surface area contributed by atoms with Crippen LogP contribution in [0.4, 0.5) is 0 Å². The summed E-state index contributed by atoms with van der Waals surface area (Å²) in [5.41, 5.74) is 4.33. The molecule has 0 aliphatic carbocycles. The molecule has 2 heterocycles. The Morgan fingerprint density at radius 2 is 2.00 bits per heavy atom. The molecule has 1 atom stereocenters. The van der Waals surface area contributed by atoms with Crippen molar-refractivity contribution < 1.29 is 5.11 Å². The number of nitrogens with one attached hydrogen (secondary N) is 2. The van der Waals surface area contributed by atoms with Crippen molar-refractivity contribution in [3.8, 4) is 0 Å². The molecule has 2 aromatic heterocycles. The summed E-state index contributed by atoms with van der Waals surface area (Å²) in [6.07, 6.45) is 4.90. The van der Waals surface area contributed by atoms with Crippen LogP contribution in [0.2, 0.25) is 0 Å². The topological polar surface area (TPSA) is 74.0 Å². The number of nitrogens with zero attached hydrogens (tertiary/aromatic N) is 3. The summed E-state index contributed by atoms with van der Waals surface area (Å²) in [6, 6.07) is 14.1. The molecule has 0 fully saturated rings. The maximum Gasteiger partial charge on any atom is 0.191 e. The third kappa shape index (κ3) is 4.86. The molecule has 0 saturated carbocycles. The minimum atomic E-state index is 0.0335. The van der Waals surface area contributed by atoms with Crippen LogP contribution < -0.4 is 10.6 Å². The van der Waals surface area contributed by atoms with Gasteiger partial charge in [0.25, 0.3) is 0 Å². The number of aromatic nitrogens is 2. The van der Waals surface area contributed by atoms with Crippen molar-refractivity contribution in [3.63, 3.8) is 0 Å². The number of aliphatic hydroxyl groups excluding tert-OH is 1. The highest BCUT2D eigenvalue weighted by molar-refractivity contribution is 5.79. The third-order valence-electron chi connectivity index (χ3n) is 4.63. The molecule has 6 heteroatoms. The van der Waals surface area contributed by atoms with Crippen LogP contribution in [0.15, 0.2) is 59.9 Å². The predicted octanol–water partition coefficient (Wildman–Crippen LogP) is 2.13. The molecule has 1 unspecified atom stereocenters. The van der Waals surface area contributed by atoms with Crippen LogP contribution in [0.3, 0.4) is 0 Å². The summed E-state index contributed by atoms with van der Waals surface area (Å²) in [7, 11) is 1.75. The normalized spacial score (nSPS) is 12.9. The predicted molar refractivity (Wildman–Crippen MR) is 109 cm³/mol. The van der Waals surface area contributed by atoms with Crippen molar-refractivity contribution in [2.75, 3.05) is 26.7 Å². The van der Waals surface area contributed by atoms with Gasteiger partial charge in [0.05, 0.1) is 12.3 Å². The van der Waals surface area contributed by atoms with Crippen LogP contribution in [0, 0.1) is 6.92 Å². The second-order valence-electron chi connectivity index (χ2n) is 6.57. The maximum atomic E-state index is 9.67. The van der Waals surface area contributed by atoms with E-state index in [1.165, 1.54) is 5.56 Å². The Bertz CT molecular complexity index is 888. The van der Waals surface area contributed by atoms with Gasteiger partial charge in [-0.2, -0.15) is 0 Å². The van der Waals surface area contributed by atoms with E-state index in [4.69, 9.17) is 4.98 Å². The van der Waals surface area contributed by atoms with E-state index in [-0.39, 0.29) is 12.5 Å². The van der Waals surface area contributed by atoms with Gasteiger partial charge in [-0.25, -0.2) is 4.98 Å². The van der Waals surface area contributed by atoms with Gasteiger partial charge in [0.1, 0.15) is 5.65 Å². The van der Waals surface area contributed by atoms with Gasteiger partial charge in [-0.1, -0.05) is 36.4 Å². The Kier molecular flexibility index (Phi) is 6.44. The first kappa shape index (κ1) is 18.9. The number of rotatable bonds is 7. The number of imidazole rings is 1. The van der Waals surface area contributed by atoms with Gasteiger partial charge < -0.3 is 20.1 Å². The lowest BCUT2D eigenvalue weighted by atomic mass is 10.0. The molecule has 3 rings (SSSR count). The second kappa shape index (κ2) is 9.19. The van der Waals surface area contributed by atoms with Crippen LogP contribution in [-0.4, -0.2) is 47.2 Å². The summed E-state index contributed by atoms with van der Waals surface area (Å²) >= 11 is 0. The van der Waals surface area contributed by atoms with Gasteiger partial charge in [0.2, 0.25) is 0 Å². The highest BCUT2D eigenvalue weighted by Crippen LogP contribution is 2.13. The SMILES string of the molecule is CN=C(NCCc1cn2cccc(C)c2n1)NCC(CO)c1ccccc1. The number of guanidine groups is 1. The summed E-state index contributed by atoms with van der Waals surface area (Å²) in [5, 5.41) is 16.3. The van der Waals surface area contributed by atoms with E-state index in [1.807, 2.05) is 42.6 Å². The smallest absolute Gasteiger partial charge is 0.191 e. The average Bonchev–Trinajstić information content (AvgIpc) is 3.12. The lowest BCUT2D eigenvalue weighted by Gasteiger charge is -2.18. The van der Waals surface area contributed by atoms with Crippen LogP contribution in [0.25, 0.3) is 5.65 Å². The van der Waals surface area contributed by atoms with E-state index in [0.717, 1.165) is 35.8 Å². The first-order valence-electron chi connectivity index (χ1n) is 9.24. The number of pyridine rings is 1. The lowest BCUT2D eigenvalue weighted by molar-refractivity contribution is 0.265. The first-order valence-corrected chi connectivity index (χ1v) is 9.24. The van der Waals surface area contributed by atoms with Crippen molar-refractivity contribution in [2.24, 2.45) is 4.99 Å². The fraction of sp³-hybridized carbons (Fsp3) is 0.333. The Hall–Kier alpha value is -2.86. The van der Waals surface area contributed by atoms with Crippen molar-refractivity contribution in [2.45, 2.75) is 19.3 Å². The van der Waals surface area contributed by atoms with Gasteiger partial charge in [-0.15, -0.1) is 0 Å². The molecule has 0 bridgehead atoms. The monoisotopic (exact) mass is 365 g/mol. The zero-order chi connectivity index (χ0) is 19.1. The average molecular weight is 365 g/mol. The molecule has 1 aromatic carbocycles. The van der Waals surface area contributed by atoms with Gasteiger partial charge >= 0.3 is 0 Å². The van der Waals surface area contributed by atoms with Gasteiger partial charge in [-0.3, -0.25) is 4.99 Å². The molecule has 0 aliphatic heterocycles. The molecule has 3 aromatic rings. The molecule has 6 nitrogen and oxygen atoms in total. The van der Waals surface area contributed by atoms with E-state index in [9.17, 15) is 5.11 Å². The van der Waals surface area contributed by atoms with E-state index in [1.54, 1.807) is 7.05 Å². The second-order valence-corrected chi connectivity index (χ2v) is 6.57. The zero-order valence-corrected chi connectivity index (χ0v) is 15.9. The van der Waals surface area contributed by atoms with Crippen molar-refractivity contribution in [1.29, 1.82) is 0 Å². The van der Waals surface area contributed by atoms with Crippen molar-refractivity contribution in [1.82, 2.24) is 20.0 Å². The summed E-state index contributed by atoms with van der Waals surface area (Å²) in [5.74, 6) is 0.760. The number of benzene rings is 1. The van der Waals surface area contributed by atoms with E-state index < -0.39 is 0 Å². The maximum absolute atomic E-state index is 9.67. The van der Waals surface area contributed by atoms with Crippen LogP contribution in [-0.2, 0) is 6.42 Å². The quantitative estimate of drug-likeness (QED) is 0.443. The minimum absolute atomic E-state index is 0.0335. The Labute approximate surface area is 160 Å². The number of hydrogen-bond donors (Lipinski definition) is 3. The number of aliphatic hydroxyl groups is 1. The molecule has 27 heavy (non-hydrogen) atoms. The molecule has 0 radical (unpaired) electrons. The summed E-state index contributed by atoms with van der Waals surface area (Å²) in [6.45, 7) is 3.51. The Balaban J connectivity index is 1.50. The minimum Gasteiger partial charge on any atom is -0.396 e. The zero-order valence-electron chi connectivity index (χ0n) is 15.9. The number of aryl methyl sites for hydroxylation is 1. The Morgan fingerprint density at radius 1 is 1.19 bits per heavy atom. The lowest BCUT2D eigenvalue weighted by Crippen LogP contribution is -2.40. The number of hydrogen-bond acceptors (Lipinski definition) is 3. The first-order chi connectivity index (χ1) is 13.2. The third-order valence-corrected chi connectivity index (χ3v) is 4.63. The molecule has 3 N–H and O–H groups in total. The van der Waals surface area contributed by atoms with Crippen LogP contribution >= 0.6 is 0 Å². The van der Waals surface area contributed by atoms with Crippen molar-refractivity contribution >= 4 is 11.6 Å². The van der Waals surface area contributed by atoms with Gasteiger partial charge in [0.15, 0.2) is 5.96 Å². The molecule has 0 spiro atoms. The molecule has 0 aliphatic rings. The number of aliphatic imine (C=N–C) groups is 1. The fourth-order valence-corrected chi connectivity index (χ4v) is 3.09. The Morgan fingerprint density at radius 3 is 2.70 bits per heavy atom. The summed E-state index contributed by atoms with van der Waals surface area (Å²) in [4.78, 5) is 8.95. The highest BCUT2D eigenvalue weighted by Gasteiger charge is 2.11. The molecule has 0 amide bonds. The van der Waals surface area contributed by atoms with Crippen molar-refractivity contribution in [3.05, 3.63) is 71.7 Å². The number of fused-ring (bicyclic) bond motifs is 1. The van der Waals surface area contributed by atoms with Gasteiger partial charge in [-0.05, 0) is 24.1 Å². The highest BCUT2D eigenvalue weighted by atomic mass is 16.3. The molecular formula is C21H27N5O. The fourth-order valence-electron chi connectivity index (χ4n) is 3.09. The van der Waals surface area contributed by atoms with Crippen LogP contribution in [0.1, 0.15) is 22.7 Å². The molecular weight excluding hydrogens is 338 g/mol. The van der Waals surface area contributed by atoms with Gasteiger partial charge in [0, 0.05) is 44.9 Å². The largest absolute Gasteiger partial charge is 0.396 e. The summed E-state index contributed by atoms with van der Waals surface area (Å²) < 4.78 is 2.06. The van der Waals surface area contributed by atoms with E-state index in [2.05, 4.69) is 39.2 Å². The van der Waals surface area contributed by atoms with Crippen LogP contribution in [0.5, 0.6) is 0 Å². The van der Waals surface area contributed by atoms with E-state index >= 15 is 0 Å². The molecule has 142 valence electrons. The standard InChI is InChI=1S/C21H27N5O/c1-16-7-6-12-26-14-19(25-20(16)26)10-11-23-21(22-2)24-13-18(15-27)17-8-4-3-5-9-17/h3-9,12,14,18,27H,10-11,13,15H2,1-2H3,(H2,22,23,24).